The molecule has 0 heterocycles. The second kappa shape index (κ2) is 6.01. The molecule has 1 fully saturated rings. The molecular weight excluding hydrogens is 238 g/mol. The number of thiol groups is 1. The van der Waals surface area contributed by atoms with Crippen LogP contribution in [0.2, 0.25) is 0 Å². The second-order valence-corrected chi connectivity index (χ2v) is 6.03. The van der Waals surface area contributed by atoms with Crippen LogP contribution in [0.5, 0.6) is 0 Å². The number of anilines is 1. The van der Waals surface area contributed by atoms with Gasteiger partial charge in [-0.15, -0.1) is 0 Å². The highest BCUT2D eigenvalue weighted by atomic mass is 32.1. The van der Waals surface area contributed by atoms with E-state index < -0.39 is 0 Å². The Balaban J connectivity index is 2.11. The Kier molecular flexibility index (Phi) is 4.60. The summed E-state index contributed by atoms with van der Waals surface area (Å²) in [5.74, 6) is 1.02. The fraction of sp³-hybridized carbons (Fsp3) is 0.625. The number of benzene rings is 1. The van der Waals surface area contributed by atoms with Gasteiger partial charge in [0.15, 0.2) is 0 Å². The van der Waals surface area contributed by atoms with Crippen LogP contribution in [-0.4, -0.2) is 18.8 Å². The molecule has 0 amide bonds. The molecule has 1 aliphatic rings. The summed E-state index contributed by atoms with van der Waals surface area (Å²) in [5, 5.41) is 0. The Morgan fingerprint density at radius 3 is 2.28 bits per heavy atom. The number of hydrogen-bond donors (Lipinski definition) is 1. The van der Waals surface area contributed by atoms with Gasteiger partial charge in [-0.3, -0.25) is 0 Å². The molecule has 0 atom stereocenters. The normalized spacial score (nSPS) is 17.9. The van der Waals surface area contributed by atoms with E-state index in [1.165, 1.54) is 36.9 Å². The lowest BCUT2D eigenvalue weighted by Gasteiger charge is -2.35. The van der Waals surface area contributed by atoms with Crippen molar-refractivity contribution in [3.05, 3.63) is 29.8 Å². The van der Waals surface area contributed by atoms with E-state index in [0.29, 0.717) is 5.41 Å². The van der Waals surface area contributed by atoms with E-state index in [1.807, 2.05) is 0 Å². The van der Waals surface area contributed by atoms with Crippen molar-refractivity contribution in [1.82, 2.24) is 0 Å². The third-order valence-electron chi connectivity index (χ3n) is 4.31. The van der Waals surface area contributed by atoms with Gasteiger partial charge in [0.2, 0.25) is 0 Å². The standard InChI is InChI=1S/C16H25NS/c1-3-17(15-8-6-14(2)7-9-15)12-16(13-18)10-4-5-11-16/h6-9,18H,3-5,10-13H2,1-2H3. The highest BCUT2D eigenvalue weighted by Crippen LogP contribution is 2.40. The maximum atomic E-state index is 4.62. The van der Waals surface area contributed by atoms with Gasteiger partial charge in [0.1, 0.15) is 0 Å². The summed E-state index contributed by atoms with van der Waals surface area (Å²) in [7, 11) is 0. The van der Waals surface area contributed by atoms with E-state index in [1.54, 1.807) is 0 Å². The Labute approximate surface area is 117 Å². The molecule has 1 nitrogen and oxygen atoms in total. The van der Waals surface area contributed by atoms with Gasteiger partial charge in [-0.05, 0) is 50.0 Å². The van der Waals surface area contributed by atoms with Crippen molar-refractivity contribution in [2.24, 2.45) is 5.41 Å². The molecule has 1 aromatic carbocycles. The van der Waals surface area contributed by atoms with Gasteiger partial charge in [0.25, 0.3) is 0 Å². The van der Waals surface area contributed by atoms with E-state index in [9.17, 15) is 0 Å². The van der Waals surface area contributed by atoms with Crippen LogP contribution in [0.1, 0.15) is 38.2 Å². The first-order valence-corrected chi connectivity index (χ1v) is 7.75. The average molecular weight is 263 g/mol. The summed E-state index contributed by atoms with van der Waals surface area (Å²) in [4.78, 5) is 2.51. The molecule has 0 radical (unpaired) electrons. The van der Waals surface area contributed by atoms with Gasteiger partial charge >= 0.3 is 0 Å². The molecule has 18 heavy (non-hydrogen) atoms. The van der Waals surface area contributed by atoms with Gasteiger partial charge in [-0.2, -0.15) is 12.6 Å². The molecule has 100 valence electrons. The van der Waals surface area contributed by atoms with Gasteiger partial charge in [0, 0.05) is 18.8 Å². The average Bonchev–Trinajstić information content (AvgIpc) is 2.86. The first-order chi connectivity index (χ1) is 8.69. The highest BCUT2D eigenvalue weighted by Gasteiger charge is 2.34. The van der Waals surface area contributed by atoms with Crippen LogP contribution in [-0.2, 0) is 0 Å². The minimum absolute atomic E-state index is 0.448. The molecule has 1 saturated carbocycles. The zero-order valence-corrected chi connectivity index (χ0v) is 12.5. The molecule has 0 unspecified atom stereocenters. The summed E-state index contributed by atoms with van der Waals surface area (Å²) < 4.78 is 0. The van der Waals surface area contributed by atoms with Gasteiger partial charge in [0.05, 0.1) is 0 Å². The fourth-order valence-corrected chi connectivity index (χ4v) is 3.45. The molecular formula is C16H25NS. The van der Waals surface area contributed by atoms with Crippen molar-refractivity contribution in [2.45, 2.75) is 39.5 Å². The SMILES string of the molecule is CCN(CC1(CS)CCCC1)c1ccc(C)cc1. The smallest absolute Gasteiger partial charge is 0.0366 e. The Bertz CT molecular complexity index is 365. The van der Waals surface area contributed by atoms with Gasteiger partial charge in [-0.1, -0.05) is 30.5 Å². The van der Waals surface area contributed by atoms with Crippen LogP contribution in [0.25, 0.3) is 0 Å². The Morgan fingerprint density at radius 2 is 1.78 bits per heavy atom. The first kappa shape index (κ1) is 13.8. The number of rotatable bonds is 5. The predicted molar refractivity (Wildman–Crippen MR) is 83.8 cm³/mol. The minimum atomic E-state index is 0.448. The number of nitrogens with zero attached hydrogens (tertiary/aromatic N) is 1. The highest BCUT2D eigenvalue weighted by molar-refractivity contribution is 7.80. The van der Waals surface area contributed by atoms with Crippen LogP contribution in [0, 0.1) is 12.3 Å². The van der Waals surface area contributed by atoms with Crippen LogP contribution in [0.4, 0.5) is 5.69 Å². The molecule has 0 N–H and O–H groups in total. The Morgan fingerprint density at radius 1 is 1.17 bits per heavy atom. The van der Waals surface area contributed by atoms with Crippen LogP contribution >= 0.6 is 12.6 Å². The molecule has 0 saturated heterocycles. The maximum Gasteiger partial charge on any atom is 0.0366 e. The molecule has 1 aromatic rings. The van der Waals surface area contributed by atoms with Gasteiger partial charge in [-0.25, -0.2) is 0 Å². The largest absolute Gasteiger partial charge is 0.371 e. The predicted octanol–water partition coefficient (Wildman–Crippen LogP) is 4.31. The quantitative estimate of drug-likeness (QED) is 0.775. The van der Waals surface area contributed by atoms with Crippen molar-refractivity contribution in [3.63, 3.8) is 0 Å². The second-order valence-electron chi connectivity index (χ2n) is 5.71. The molecule has 0 bridgehead atoms. The summed E-state index contributed by atoms with van der Waals surface area (Å²) in [5.41, 5.74) is 3.14. The molecule has 0 aromatic heterocycles. The van der Waals surface area contributed by atoms with E-state index in [2.05, 4.69) is 55.6 Å². The first-order valence-electron chi connectivity index (χ1n) is 7.11. The third kappa shape index (κ3) is 3.03. The molecule has 0 spiro atoms. The zero-order valence-electron chi connectivity index (χ0n) is 11.7. The van der Waals surface area contributed by atoms with Crippen molar-refractivity contribution in [2.75, 3.05) is 23.7 Å². The van der Waals surface area contributed by atoms with Crippen LogP contribution in [0.3, 0.4) is 0 Å². The summed E-state index contributed by atoms with van der Waals surface area (Å²) in [6.45, 7) is 6.64. The monoisotopic (exact) mass is 263 g/mol. The van der Waals surface area contributed by atoms with E-state index >= 15 is 0 Å². The Hall–Kier alpha value is -0.630. The fourth-order valence-electron chi connectivity index (χ4n) is 3.04. The molecule has 2 rings (SSSR count). The third-order valence-corrected chi connectivity index (χ3v) is 4.98. The van der Waals surface area contributed by atoms with Crippen molar-refractivity contribution in [3.8, 4) is 0 Å². The molecule has 1 aliphatic carbocycles. The zero-order chi connectivity index (χ0) is 13.0. The van der Waals surface area contributed by atoms with E-state index in [-0.39, 0.29) is 0 Å². The number of hydrogen-bond acceptors (Lipinski definition) is 2. The molecule has 2 heteroatoms. The van der Waals surface area contributed by atoms with E-state index in [0.717, 1.165) is 18.8 Å². The lowest BCUT2D eigenvalue weighted by atomic mass is 9.87. The van der Waals surface area contributed by atoms with Crippen molar-refractivity contribution in [1.29, 1.82) is 0 Å². The summed E-state index contributed by atoms with van der Waals surface area (Å²) in [6.07, 6.45) is 5.45. The summed E-state index contributed by atoms with van der Waals surface area (Å²) in [6, 6.07) is 8.92. The maximum absolute atomic E-state index is 4.62. The summed E-state index contributed by atoms with van der Waals surface area (Å²) >= 11 is 4.62. The van der Waals surface area contributed by atoms with Crippen molar-refractivity contribution < 1.29 is 0 Å². The van der Waals surface area contributed by atoms with Crippen LogP contribution in [0.15, 0.2) is 24.3 Å². The van der Waals surface area contributed by atoms with E-state index in [4.69, 9.17) is 0 Å². The lowest BCUT2D eigenvalue weighted by Crippen LogP contribution is -2.37. The molecule has 0 aliphatic heterocycles. The van der Waals surface area contributed by atoms with Gasteiger partial charge < -0.3 is 4.90 Å². The number of aryl methyl sites for hydroxylation is 1. The van der Waals surface area contributed by atoms with Crippen LogP contribution < -0.4 is 4.90 Å². The topological polar surface area (TPSA) is 3.24 Å². The van der Waals surface area contributed by atoms with Crippen molar-refractivity contribution >= 4 is 18.3 Å². The minimum Gasteiger partial charge on any atom is -0.371 e. The lowest BCUT2D eigenvalue weighted by molar-refractivity contribution is 0.349.